The number of rotatable bonds is 5. The van der Waals surface area contributed by atoms with E-state index in [9.17, 15) is 4.79 Å². The Hall–Kier alpha value is -1.60. The van der Waals surface area contributed by atoms with Crippen molar-refractivity contribution in [1.82, 2.24) is 4.90 Å². The lowest BCUT2D eigenvalue weighted by Gasteiger charge is -2.40. The van der Waals surface area contributed by atoms with Crippen molar-refractivity contribution in [2.75, 3.05) is 39.5 Å². The van der Waals surface area contributed by atoms with Crippen LogP contribution in [0.15, 0.2) is 16.4 Å². The molecule has 23 heavy (non-hydrogen) atoms. The second-order valence-electron chi connectivity index (χ2n) is 6.32. The molecular weight excluding hydrogens is 300 g/mol. The van der Waals surface area contributed by atoms with E-state index < -0.39 is 5.97 Å². The highest BCUT2D eigenvalue weighted by Crippen LogP contribution is 2.32. The zero-order valence-electron chi connectivity index (χ0n) is 14.1. The maximum atomic E-state index is 11.8. The lowest BCUT2D eigenvalue weighted by Crippen LogP contribution is -2.42. The quantitative estimate of drug-likeness (QED) is 0.357. The maximum absolute atomic E-state index is 11.8. The van der Waals surface area contributed by atoms with Crippen LogP contribution >= 0.6 is 0 Å². The fourth-order valence-electron chi connectivity index (χ4n) is 2.83. The van der Waals surface area contributed by atoms with Gasteiger partial charge in [-0.3, -0.25) is 0 Å². The van der Waals surface area contributed by atoms with Crippen LogP contribution in [0.4, 0.5) is 0 Å². The van der Waals surface area contributed by atoms with Gasteiger partial charge in [0.05, 0.1) is 32.0 Å². The minimum atomic E-state index is -0.589. The van der Waals surface area contributed by atoms with E-state index in [1.807, 2.05) is 0 Å². The smallest absolute Gasteiger partial charge is 0.356 e. The van der Waals surface area contributed by atoms with Gasteiger partial charge < -0.3 is 24.3 Å². The van der Waals surface area contributed by atoms with Crippen LogP contribution in [0.1, 0.15) is 33.6 Å². The molecule has 7 heteroatoms. The molecule has 0 aromatic rings. The van der Waals surface area contributed by atoms with Crippen LogP contribution in [0.3, 0.4) is 0 Å². The number of esters is 1. The van der Waals surface area contributed by atoms with Gasteiger partial charge >= 0.3 is 5.97 Å². The van der Waals surface area contributed by atoms with Gasteiger partial charge in [-0.05, 0) is 26.3 Å². The Labute approximate surface area is 136 Å². The molecule has 0 radical (unpaired) electrons. The van der Waals surface area contributed by atoms with E-state index in [2.05, 4.69) is 23.9 Å². The molecule has 2 rings (SSSR count). The molecule has 1 fully saturated rings. The lowest BCUT2D eigenvalue weighted by molar-refractivity contribution is -0.135. The summed E-state index contributed by atoms with van der Waals surface area (Å²) in [5.41, 5.74) is 1.88. The van der Waals surface area contributed by atoms with Gasteiger partial charge in [-0.1, -0.05) is 5.16 Å². The summed E-state index contributed by atoms with van der Waals surface area (Å²) in [5.74, 6) is -0.589. The molecule has 2 heterocycles. The zero-order valence-corrected chi connectivity index (χ0v) is 14.1. The average Bonchev–Trinajstić information content (AvgIpc) is 2.54. The Bertz CT molecular complexity index is 493. The van der Waals surface area contributed by atoms with E-state index in [-0.39, 0.29) is 24.3 Å². The number of carbonyl (C=O) groups excluding carboxylic acids is 1. The molecule has 1 N–H and O–H groups in total. The van der Waals surface area contributed by atoms with Crippen LogP contribution in [-0.4, -0.2) is 66.9 Å². The second-order valence-corrected chi connectivity index (χ2v) is 6.32. The van der Waals surface area contributed by atoms with Crippen molar-refractivity contribution in [3.8, 4) is 0 Å². The summed E-state index contributed by atoms with van der Waals surface area (Å²) in [6.07, 6.45) is 0.988. The van der Waals surface area contributed by atoms with Crippen molar-refractivity contribution in [3.63, 3.8) is 0 Å². The largest absolute Gasteiger partial charge is 0.461 e. The summed E-state index contributed by atoms with van der Waals surface area (Å²) in [6.45, 7) is 9.51. The summed E-state index contributed by atoms with van der Waals surface area (Å²) in [6, 6.07) is 0. The Kier molecular flexibility index (Phi) is 6.01. The van der Waals surface area contributed by atoms with Gasteiger partial charge in [-0.15, -0.1) is 0 Å². The molecule has 0 saturated carbocycles. The van der Waals surface area contributed by atoms with Gasteiger partial charge in [0.1, 0.15) is 0 Å². The fraction of sp³-hybridized carbons (Fsp3) is 0.750. The third-order valence-corrected chi connectivity index (χ3v) is 4.04. The molecule has 0 amide bonds. The predicted octanol–water partition coefficient (Wildman–Crippen LogP) is 1.55. The molecule has 1 saturated heterocycles. The first-order valence-corrected chi connectivity index (χ1v) is 8.02. The average molecular weight is 326 g/mol. The van der Waals surface area contributed by atoms with Crippen LogP contribution in [0.2, 0.25) is 0 Å². The molecular formula is C16H26N2O5. The first kappa shape index (κ1) is 17.7. The molecule has 0 aromatic carbocycles. The zero-order chi connectivity index (χ0) is 16.9. The van der Waals surface area contributed by atoms with Crippen molar-refractivity contribution >= 4 is 11.7 Å². The molecule has 7 nitrogen and oxygen atoms in total. The summed E-state index contributed by atoms with van der Waals surface area (Å²) < 4.78 is 16.2. The Balaban J connectivity index is 2.22. The lowest BCUT2D eigenvalue weighted by atomic mass is 9.92. The monoisotopic (exact) mass is 326 g/mol. The van der Waals surface area contributed by atoms with E-state index in [1.165, 1.54) is 0 Å². The van der Waals surface area contributed by atoms with E-state index in [0.29, 0.717) is 19.8 Å². The number of hydrogen-bond acceptors (Lipinski definition) is 7. The summed E-state index contributed by atoms with van der Waals surface area (Å²) in [4.78, 5) is 14.1. The van der Waals surface area contributed by atoms with Crippen LogP contribution in [0.5, 0.6) is 0 Å². The molecule has 130 valence electrons. The topological polar surface area (TPSA) is 80.6 Å². The predicted molar refractivity (Wildman–Crippen MR) is 84.5 cm³/mol. The number of carbonyl (C=O) groups is 1. The highest BCUT2D eigenvalue weighted by molar-refractivity contribution is 6.36. The standard InChI is InChI=1S/C16H26N2O5/c1-4-22-15(19)13(17-20)9-12-11-23-16(2,3)10-14(12)18-5-7-21-8-6-18/h20H,4-11H2,1-3H3/b17-13-. The van der Waals surface area contributed by atoms with Gasteiger partial charge in [0.2, 0.25) is 0 Å². The van der Waals surface area contributed by atoms with Gasteiger partial charge in [0, 0.05) is 31.6 Å². The third-order valence-electron chi connectivity index (χ3n) is 4.04. The first-order valence-electron chi connectivity index (χ1n) is 8.02. The molecule has 0 bridgehead atoms. The van der Waals surface area contributed by atoms with Gasteiger partial charge in [0.25, 0.3) is 0 Å². The van der Waals surface area contributed by atoms with E-state index in [1.54, 1.807) is 6.92 Å². The second kappa shape index (κ2) is 7.79. The van der Waals surface area contributed by atoms with Gasteiger partial charge in [-0.2, -0.15) is 0 Å². The Morgan fingerprint density at radius 2 is 2.09 bits per heavy atom. The van der Waals surface area contributed by atoms with Crippen LogP contribution in [0.25, 0.3) is 0 Å². The SMILES string of the molecule is CCOC(=O)/C(CC1=C(N2CCOCC2)CC(C)(C)OC1)=N\O. The number of nitrogens with zero attached hydrogens (tertiary/aromatic N) is 2. The Morgan fingerprint density at radius 1 is 1.39 bits per heavy atom. The van der Waals surface area contributed by atoms with Crippen LogP contribution in [0, 0.1) is 0 Å². The van der Waals surface area contributed by atoms with Gasteiger partial charge in [-0.25, -0.2) is 4.79 Å². The Morgan fingerprint density at radius 3 is 2.70 bits per heavy atom. The highest BCUT2D eigenvalue weighted by atomic mass is 16.5. The molecule has 0 aromatic heterocycles. The van der Waals surface area contributed by atoms with E-state index >= 15 is 0 Å². The number of ether oxygens (including phenoxy) is 3. The maximum Gasteiger partial charge on any atom is 0.356 e. The number of hydrogen-bond donors (Lipinski definition) is 1. The van der Waals surface area contributed by atoms with E-state index in [4.69, 9.17) is 19.4 Å². The minimum absolute atomic E-state index is 0.0101. The fourth-order valence-corrected chi connectivity index (χ4v) is 2.83. The third kappa shape index (κ3) is 4.68. The van der Waals surface area contributed by atoms with Crippen molar-refractivity contribution in [1.29, 1.82) is 0 Å². The van der Waals surface area contributed by atoms with Crippen molar-refractivity contribution < 1.29 is 24.2 Å². The van der Waals surface area contributed by atoms with Crippen molar-refractivity contribution in [2.45, 2.75) is 39.2 Å². The normalized spacial score (nSPS) is 22.2. The highest BCUT2D eigenvalue weighted by Gasteiger charge is 2.32. The van der Waals surface area contributed by atoms with E-state index in [0.717, 1.165) is 30.8 Å². The van der Waals surface area contributed by atoms with Gasteiger partial charge in [0.15, 0.2) is 5.71 Å². The van der Waals surface area contributed by atoms with Crippen molar-refractivity contribution in [2.24, 2.45) is 5.16 Å². The van der Waals surface area contributed by atoms with Crippen molar-refractivity contribution in [3.05, 3.63) is 11.3 Å². The molecule has 2 aliphatic heterocycles. The summed E-state index contributed by atoms with van der Waals surface area (Å²) in [5, 5.41) is 12.3. The molecule has 0 atom stereocenters. The molecule has 2 aliphatic rings. The van der Waals surface area contributed by atoms with Crippen LogP contribution < -0.4 is 0 Å². The minimum Gasteiger partial charge on any atom is -0.461 e. The molecule has 0 aliphatic carbocycles. The number of morpholine rings is 1. The summed E-state index contributed by atoms with van der Waals surface area (Å²) >= 11 is 0. The number of oxime groups is 1. The van der Waals surface area contributed by atoms with Crippen LogP contribution in [-0.2, 0) is 19.0 Å². The first-order chi connectivity index (χ1) is 11.0. The summed E-state index contributed by atoms with van der Waals surface area (Å²) in [7, 11) is 0. The molecule has 0 spiro atoms. The molecule has 0 unspecified atom stereocenters.